The molecule has 2 heterocycles. The molecule has 0 amide bonds. The Morgan fingerprint density at radius 1 is 1.22 bits per heavy atom. The highest BCUT2D eigenvalue weighted by atomic mass is 35.5. The van der Waals surface area contributed by atoms with Crippen molar-refractivity contribution in [3.63, 3.8) is 0 Å². The van der Waals surface area contributed by atoms with Gasteiger partial charge in [-0.15, -0.1) is 0 Å². The normalized spacial score (nSPS) is 12.4. The minimum atomic E-state index is 0.0118. The quantitative estimate of drug-likeness (QED) is 0.927. The maximum atomic E-state index is 5.92. The van der Waals surface area contributed by atoms with Crippen molar-refractivity contribution in [2.24, 2.45) is 5.73 Å². The van der Waals surface area contributed by atoms with E-state index in [1.54, 1.807) is 18.0 Å². The molecule has 0 aliphatic heterocycles. The molecule has 0 spiro atoms. The standard InChI is InChI=1S/C13H14ClN3S/c1-2-11(15)12-5-4-10(8-16-12)18-13-6-3-9(14)7-17-13/h3-8,11H,2,15H2,1H3. The number of halogens is 1. The molecule has 0 bridgehead atoms. The van der Waals surface area contributed by atoms with Crippen LogP contribution >= 0.6 is 23.4 Å². The van der Waals surface area contributed by atoms with Gasteiger partial charge in [0.2, 0.25) is 0 Å². The van der Waals surface area contributed by atoms with Gasteiger partial charge in [-0.05, 0) is 30.7 Å². The summed E-state index contributed by atoms with van der Waals surface area (Å²) in [6.07, 6.45) is 4.35. The maximum absolute atomic E-state index is 5.92. The van der Waals surface area contributed by atoms with Gasteiger partial charge in [0.15, 0.2) is 0 Å². The van der Waals surface area contributed by atoms with Gasteiger partial charge in [-0.3, -0.25) is 4.98 Å². The zero-order chi connectivity index (χ0) is 13.0. The van der Waals surface area contributed by atoms with Gasteiger partial charge in [-0.2, -0.15) is 0 Å². The predicted molar refractivity (Wildman–Crippen MR) is 74.8 cm³/mol. The van der Waals surface area contributed by atoms with Crippen molar-refractivity contribution in [2.75, 3.05) is 0 Å². The Morgan fingerprint density at radius 2 is 2.06 bits per heavy atom. The first-order chi connectivity index (χ1) is 8.69. The summed E-state index contributed by atoms with van der Waals surface area (Å²) in [6, 6.07) is 7.70. The lowest BCUT2D eigenvalue weighted by Crippen LogP contribution is -2.10. The molecule has 0 saturated carbocycles. The van der Waals surface area contributed by atoms with E-state index in [9.17, 15) is 0 Å². The molecule has 18 heavy (non-hydrogen) atoms. The van der Waals surface area contributed by atoms with E-state index in [1.165, 1.54) is 0 Å². The SMILES string of the molecule is CCC(N)c1ccc(Sc2ccc(Cl)cn2)cn1. The fourth-order valence-corrected chi connectivity index (χ4v) is 2.26. The number of nitrogens with zero attached hydrogens (tertiary/aromatic N) is 2. The number of hydrogen-bond acceptors (Lipinski definition) is 4. The topological polar surface area (TPSA) is 51.8 Å². The molecule has 1 atom stereocenters. The van der Waals surface area contributed by atoms with Crippen LogP contribution in [0.4, 0.5) is 0 Å². The lowest BCUT2D eigenvalue weighted by molar-refractivity contribution is 0.674. The van der Waals surface area contributed by atoms with Crippen LogP contribution in [0, 0.1) is 0 Å². The van der Waals surface area contributed by atoms with Crippen LogP contribution in [0.1, 0.15) is 25.1 Å². The van der Waals surface area contributed by atoms with Gasteiger partial charge in [0.25, 0.3) is 0 Å². The van der Waals surface area contributed by atoms with Crippen molar-refractivity contribution in [1.29, 1.82) is 0 Å². The van der Waals surface area contributed by atoms with E-state index in [0.717, 1.165) is 22.0 Å². The van der Waals surface area contributed by atoms with Gasteiger partial charge in [-0.1, -0.05) is 30.3 Å². The van der Waals surface area contributed by atoms with E-state index in [2.05, 4.69) is 9.97 Å². The first kappa shape index (κ1) is 13.3. The summed E-state index contributed by atoms with van der Waals surface area (Å²) in [5, 5.41) is 1.54. The molecule has 2 aromatic rings. The first-order valence-corrected chi connectivity index (χ1v) is 6.89. The summed E-state index contributed by atoms with van der Waals surface area (Å²) in [5.41, 5.74) is 6.84. The van der Waals surface area contributed by atoms with Crippen LogP contribution in [0.3, 0.4) is 0 Å². The van der Waals surface area contributed by atoms with Crippen LogP contribution in [-0.2, 0) is 0 Å². The van der Waals surface area contributed by atoms with Crippen LogP contribution < -0.4 is 5.73 Å². The molecular formula is C13H14ClN3S. The molecule has 2 N–H and O–H groups in total. The second-order valence-corrected chi connectivity index (χ2v) is 5.38. The highest BCUT2D eigenvalue weighted by Gasteiger charge is 2.05. The zero-order valence-corrected chi connectivity index (χ0v) is 11.6. The van der Waals surface area contributed by atoms with Crippen molar-refractivity contribution >= 4 is 23.4 Å². The Bertz CT molecular complexity index is 499. The number of pyridine rings is 2. The van der Waals surface area contributed by atoms with Gasteiger partial charge < -0.3 is 5.73 Å². The van der Waals surface area contributed by atoms with Crippen LogP contribution in [-0.4, -0.2) is 9.97 Å². The minimum Gasteiger partial charge on any atom is -0.323 e. The van der Waals surface area contributed by atoms with Crippen LogP contribution in [0.2, 0.25) is 5.02 Å². The molecule has 1 unspecified atom stereocenters. The monoisotopic (exact) mass is 279 g/mol. The second-order valence-electron chi connectivity index (χ2n) is 3.85. The third kappa shape index (κ3) is 3.45. The molecule has 0 fully saturated rings. The van der Waals surface area contributed by atoms with E-state index in [0.29, 0.717) is 5.02 Å². The molecule has 3 nitrogen and oxygen atoms in total. The first-order valence-electron chi connectivity index (χ1n) is 5.70. The van der Waals surface area contributed by atoms with E-state index in [4.69, 9.17) is 17.3 Å². The Kier molecular flexibility index (Phi) is 4.58. The summed E-state index contributed by atoms with van der Waals surface area (Å²) in [6.45, 7) is 2.05. The van der Waals surface area contributed by atoms with E-state index in [-0.39, 0.29) is 6.04 Å². The summed E-state index contributed by atoms with van der Waals surface area (Å²) in [7, 11) is 0. The van der Waals surface area contributed by atoms with Crippen LogP contribution in [0.5, 0.6) is 0 Å². The van der Waals surface area contributed by atoms with Crippen LogP contribution in [0.25, 0.3) is 0 Å². The molecule has 0 aromatic carbocycles. The van der Waals surface area contributed by atoms with Crippen molar-refractivity contribution in [3.05, 3.63) is 47.4 Å². The van der Waals surface area contributed by atoms with Crippen molar-refractivity contribution in [3.8, 4) is 0 Å². The molecule has 94 valence electrons. The summed E-state index contributed by atoms with van der Waals surface area (Å²) < 4.78 is 0. The van der Waals surface area contributed by atoms with Crippen molar-refractivity contribution < 1.29 is 0 Å². The largest absolute Gasteiger partial charge is 0.323 e. The highest BCUT2D eigenvalue weighted by molar-refractivity contribution is 7.99. The molecule has 0 radical (unpaired) electrons. The molecule has 0 saturated heterocycles. The van der Waals surface area contributed by atoms with Gasteiger partial charge in [-0.25, -0.2) is 4.98 Å². The smallest absolute Gasteiger partial charge is 0.101 e. The van der Waals surface area contributed by atoms with Crippen molar-refractivity contribution in [1.82, 2.24) is 9.97 Å². The van der Waals surface area contributed by atoms with Gasteiger partial charge >= 0.3 is 0 Å². The van der Waals surface area contributed by atoms with Crippen LogP contribution in [0.15, 0.2) is 46.6 Å². The predicted octanol–water partition coefficient (Wildman–Crippen LogP) is 3.69. The second kappa shape index (κ2) is 6.18. The lowest BCUT2D eigenvalue weighted by atomic mass is 10.1. The lowest BCUT2D eigenvalue weighted by Gasteiger charge is -2.08. The number of nitrogens with two attached hydrogens (primary N) is 1. The molecule has 5 heteroatoms. The third-order valence-electron chi connectivity index (χ3n) is 2.50. The Labute approximate surface area is 116 Å². The van der Waals surface area contributed by atoms with E-state index in [1.807, 2.05) is 37.4 Å². The summed E-state index contributed by atoms with van der Waals surface area (Å²) >= 11 is 7.34. The Balaban J connectivity index is 2.08. The molecule has 2 rings (SSSR count). The summed E-state index contributed by atoms with van der Waals surface area (Å²) in [5.74, 6) is 0. The minimum absolute atomic E-state index is 0.0118. The molecular weight excluding hydrogens is 266 g/mol. The summed E-state index contributed by atoms with van der Waals surface area (Å²) in [4.78, 5) is 9.63. The highest BCUT2D eigenvalue weighted by Crippen LogP contribution is 2.26. The fraction of sp³-hybridized carbons (Fsp3) is 0.231. The molecule has 0 aliphatic rings. The number of aromatic nitrogens is 2. The molecule has 0 aliphatic carbocycles. The average molecular weight is 280 g/mol. The van der Waals surface area contributed by atoms with Gasteiger partial charge in [0.1, 0.15) is 5.03 Å². The average Bonchev–Trinajstić information content (AvgIpc) is 2.41. The maximum Gasteiger partial charge on any atom is 0.101 e. The van der Waals surface area contributed by atoms with Gasteiger partial charge in [0.05, 0.1) is 10.7 Å². The van der Waals surface area contributed by atoms with Gasteiger partial charge in [0, 0.05) is 23.3 Å². The van der Waals surface area contributed by atoms with E-state index >= 15 is 0 Å². The molecule has 2 aromatic heterocycles. The fourth-order valence-electron chi connectivity index (χ4n) is 1.42. The third-order valence-corrected chi connectivity index (χ3v) is 3.65. The number of rotatable bonds is 4. The number of hydrogen-bond donors (Lipinski definition) is 1. The van der Waals surface area contributed by atoms with E-state index < -0.39 is 0 Å². The Hall–Kier alpha value is -1.10. The zero-order valence-electron chi connectivity index (χ0n) is 10.0. The van der Waals surface area contributed by atoms with Crippen molar-refractivity contribution in [2.45, 2.75) is 29.3 Å². The Morgan fingerprint density at radius 3 is 2.61 bits per heavy atom.